The van der Waals surface area contributed by atoms with Gasteiger partial charge in [0.05, 0.1) is 25.1 Å². The smallest absolute Gasteiger partial charge is 0.117 e. The second-order valence-electron chi connectivity index (χ2n) is 6.47. The molecule has 1 aliphatic carbocycles. The fourth-order valence-electron chi connectivity index (χ4n) is 3.23. The van der Waals surface area contributed by atoms with E-state index in [2.05, 4.69) is 15.2 Å². The Hall–Kier alpha value is -1.66. The Kier molecular flexibility index (Phi) is 3.72. The van der Waals surface area contributed by atoms with E-state index < -0.39 is 0 Å². The predicted molar refractivity (Wildman–Crippen MR) is 80.1 cm³/mol. The maximum atomic E-state index is 5.94. The zero-order chi connectivity index (χ0) is 14.9. The molecule has 22 heavy (non-hydrogen) atoms. The molecular weight excluding hydrogens is 280 g/mol. The van der Waals surface area contributed by atoms with Crippen molar-refractivity contribution in [3.8, 4) is 0 Å². The van der Waals surface area contributed by atoms with Crippen molar-refractivity contribution in [1.29, 1.82) is 0 Å². The highest BCUT2D eigenvalue weighted by Crippen LogP contribution is 2.31. The molecule has 1 atom stereocenters. The molecular formula is C16H22N4O2. The number of ether oxygens (including phenoxy) is 1. The van der Waals surface area contributed by atoms with Crippen molar-refractivity contribution in [2.24, 2.45) is 13.0 Å². The van der Waals surface area contributed by atoms with E-state index in [1.165, 1.54) is 18.5 Å². The molecule has 0 aromatic carbocycles. The summed E-state index contributed by atoms with van der Waals surface area (Å²) in [6, 6.07) is 3.95. The molecule has 0 radical (unpaired) electrons. The first-order valence-electron chi connectivity index (χ1n) is 8.00. The van der Waals surface area contributed by atoms with E-state index in [0.717, 1.165) is 50.2 Å². The number of fused-ring (bicyclic) bond motifs is 1. The Morgan fingerprint density at radius 2 is 2.27 bits per heavy atom. The van der Waals surface area contributed by atoms with Crippen molar-refractivity contribution in [1.82, 2.24) is 19.9 Å². The van der Waals surface area contributed by atoms with Crippen LogP contribution in [-0.4, -0.2) is 39.7 Å². The fraction of sp³-hybridized carbons (Fsp3) is 0.625. The molecule has 4 rings (SSSR count). The summed E-state index contributed by atoms with van der Waals surface area (Å²) in [5.41, 5.74) is 2.30. The molecule has 0 amide bonds. The van der Waals surface area contributed by atoms with Gasteiger partial charge in [-0.3, -0.25) is 9.58 Å². The van der Waals surface area contributed by atoms with Crippen LogP contribution in [0.5, 0.6) is 0 Å². The summed E-state index contributed by atoms with van der Waals surface area (Å²) in [5.74, 6) is 2.12. The van der Waals surface area contributed by atoms with Gasteiger partial charge in [-0.1, -0.05) is 5.21 Å². The van der Waals surface area contributed by atoms with Crippen LogP contribution in [0.4, 0.5) is 0 Å². The minimum Gasteiger partial charge on any atom is -0.468 e. The van der Waals surface area contributed by atoms with E-state index in [9.17, 15) is 0 Å². The van der Waals surface area contributed by atoms with Crippen LogP contribution in [0.3, 0.4) is 0 Å². The Morgan fingerprint density at radius 1 is 1.36 bits per heavy atom. The number of hydrogen-bond acceptors (Lipinski definition) is 5. The molecule has 1 fully saturated rings. The average Bonchev–Trinajstić information content (AvgIpc) is 3.04. The lowest BCUT2D eigenvalue weighted by atomic mass is 9.99. The molecule has 6 nitrogen and oxygen atoms in total. The largest absolute Gasteiger partial charge is 0.468 e. The lowest BCUT2D eigenvalue weighted by Crippen LogP contribution is -2.36. The molecule has 3 heterocycles. The minimum atomic E-state index is 0.331. The fourth-order valence-corrected chi connectivity index (χ4v) is 3.23. The van der Waals surface area contributed by atoms with E-state index in [-0.39, 0.29) is 0 Å². The SMILES string of the molecule is Cn1nnc2c1[C@H](COCC1CC1)CN(Cc1ccco1)C2. The van der Waals surface area contributed by atoms with Crippen LogP contribution in [0.25, 0.3) is 0 Å². The van der Waals surface area contributed by atoms with Crippen molar-refractivity contribution in [2.75, 3.05) is 19.8 Å². The van der Waals surface area contributed by atoms with E-state index in [1.54, 1.807) is 6.26 Å². The summed E-state index contributed by atoms with van der Waals surface area (Å²) in [4.78, 5) is 2.36. The second kappa shape index (κ2) is 5.85. The van der Waals surface area contributed by atoms with E-state index in [1.807, 2.05) is 23.9 Å². The number of furan rings is 1. The number of hydrogen-bond donors (Lipinski definition) is 0. The van der Waals surface area contributed by atoms with Crippen molar-refractivity contribution in [3.05, 3.63) is 35.5 Å². The first kappa shape index (κ1) is 14.0. The molecule has 0 bridgehead atoms. The Balaban J connectivity index is 1.46. The number of aryl methyl sites for hydroxylation is 1. The van der Waals surface area contributed by atoms with Crippen molar-refractivity contribution >= 4 is 0 Å². The maximum absolute atomic E-state index is 5.94. The molecule has 0 saturated heterocycles. The van der Waals surface area contributed by atoms with Crippen molar-refractivity contribution in [2.45, 2.75) is 31.8 Å². The number of nitrogens with zero attached hydrogens (tertiary/aromatic N) is 4. The Bertz CT molecular complexity index is 618. The number of aromatic nitrogens is 3. The van der Waals surface area contributed by atoms with Gasteiger partial charge in [-0.25, -0.2) is 0 Å². The van der Waals surface area contributed by atoms with Crippen LogP contribution in [-0.2, 0) is 24.9 Å². The van der Waals surface area contributed by atoms with Gasteiger partial charge in [0.25, 0.3) is 0 Å². The summed E-state index contributed by atoms with van der Waals surface area (Å²) in [6.07, 6.45) is 4.38. The number of rotatable bonds is 6. The summed E-state index contributed by atoms with van der Waals surface area (Å²) in [6.45, 7) is 4.24. The molecule has 0 unspecified atom stereocenters. The van der Waals surface area contributed by atoms with Gasteiger partial charge < -0.3 is 9.15 Å². The lowest BCUT2D eigenvalue weighted by Gasteiger charge is -2.31. The topological polar surface area (TPSA) is 56.3 Å². The van der Waals surface area contributed by atoms with Gasteiger partial charge in [-0.05, 0) is 30.9 Å². The third kappa shape index (κ3) is 2.94. The molecule has 1 aliphatic heterocycles. The van der Waals surface area contributed by atoms with Gasteiger partial charge in [0.1, 0.15) is 11.5 Å². The van der Waals surface area contributed by atoms with Gasteiger partial charge in [0.2, 0.25) is 0 Å². The van der Waals surface area contributed by atoms with Crippen molar-refractivity contribution in [3.63, 3.8) is 0 Å². The second-order valence-corrected chi connectivity index (χ2v) is 6.47. The molecule has 1 saturated carbocycles. The maximum Gasteiger partial charge on any atom is 0.117 e. The summed E-state index contributed by atoms with van der Waals surface area (Å²) < 4.78 is 13.3. The summed E-state index contributed by atoms with van der Waals surface area (Å²) in [5, 5.41) is 8.52. The van der Waals surface area contributed by atoms with Gasteiger partial charge in [-0.2, -0.15) is 0 Å². The van der Waals surface area contributed by atoms with E-state index in [0.29, 0.717) is 5.92 Å². The highest BCUT2D eigenvalue weighted by atomic mass is 16.5. The van der Waals surface area contributed by atoms with Crippen LogP contribution in [0, 0.1) is 5.92 Å². The zero-order valence-corrected chi connectivity index (χ0v) is 12.9. The van der Waals surface area contributed by atoms with Crippen LogP contribution >= 0.6 is 0 Å². The molecule has 0 spiro atoms. The molecule has 118 valence electrons. The van der Waals surface area contributed by atoms with Crippen LogP contribution in [0.2, 0.25) is 0 Å². The van der Waals surface area contributed by atoms with Gasteiger partial charge >= 0.3 is 0 Å². The molecule has 2 aliphatic rings. The van der Waals surface area contributed by atoms with Crippen LogP contribution in [0.1, 0.15) is 35.9 Å². The van der Waals surface area contributed by atoms with Gasteiger partial charge in [0.15, 0.2) is 0 Å². The zero-order valence-electron chi connectivity index (χ0n) is 12.9. The van der Waals surface area contributed by atoms with Crippen LogP contribution < -0.4 is 0 Å². The lowest BCUT2D eigenvalue weighted by molar-refractivity contribution is 0.0849. The summed E-state index contributed by atoms with van der Waals surface area (Å²) in [7, 11) is 1.97. The van der Waals surface area contributed by atoms with E-state index in [4.69, 9.17) is 9.15 Å². The first-order valence-corrected chi connectivity index (χ1v) is 8.00. The average molecular weight is 302 g/mol. The van der Waals surface area contributed by atoms with Crippen LogP contribution in [0.15, 0.2) is 22.8 Å². The molecule has 2 aromatic rings. The first-order chi connectivity index (χ1) is 10.8. The van der Waals surface area contributed by atoms with Crippen molar-refractivity contribution < 1.29 is 9.15 Å². The Labute approximate surface area is 130 Å². The molecule has 2 aromatic heterocycles. The monoisotopic (exact) mass is 302 g/mol. The van der Waals surface area contributed by atoms with Gasteiger partial charge in [0, 0.05) is 32.7 Å². The molecule has 0 N–H and O–H groups in total. The highest BCUT2D eigenvalue weighted by Gasteiger charge is 2.31. The third-order valence-corrected chi connectivity index (χ3v) is 4.51. The molecule has 6 heteroatoms. The highest BCUT2D eigenvalue weighted by molar-refractivity contribution is 5.20. The standard InChI is InChI=1S/C16H22N4O2/c1-19-16-13(11-21-10-12-4-5-12)7-20(9-15(16)17-18-19)8-14-3-2-6-22-14/h2-3,6,12-13H,4-5,7-11H2,1H3/t13-/m0/s1. The quantitative estimate of drug-likeness (QED) is 0.816. The Morgan fingerprint density at radius 3 is 3.05 bits per heavy atom. The predicted octanol–water partition coefficient (Wildman–Crippen LogP) is 1.93. The minimum absolute atomic E-state index is 0.331. The van der Waals surface area contributed by atoms with Gasteiger partial charge in [-0.15, -0.1) is 5.10 Å². The third-order valence-electron chi connectivity index (χ3n) is 4.51. The van der Waals surface area contributed by atoms with E-state index >= 15 is 0 Å². The normalized spacial score (nSPS) is 22.0. The summed E-state index contributed by atoms with van der Waals surface area (Å²) >= 11 is 0.